The van der Waals surface area contributed by atoms with Gasteiger partial charge in [0.2, 0.25) is 0 Å². The molecule has 2 N–H and O–H groups in total. The maximum Gasteiger partial charge on any atom is 0.0355 e. The van der Waals surface area contributed by atoms with Crippen LogP contribution in [0.15, 0.2) is 84.9 Å². The highest BCUT2D eigenvalue weighted by Crippen LogP contribution is 2.35. The Morgan fingerprint density at radius 2 is 1.35 bits per heavy atom. The molecule has 2 heteroatoms. The minimum absolute atomic E-state index is 0.429. The number of anilines is 1. The summed E-state index contributed by atoms with van der Waals surface area (Å²) in [6, 6.07) is 29.6. The first kappa shape index (κ1) is 15.7. The fourth-order valence-electron chi connectivity index (χ4n) is 2.62. The van der Waals surface area contributed by atoms with Gasteiger partial charge in [0.05, 0.1) is 0 Å². The van der Waals surface area contributed by atoms with Crippen LogP contribution in [0.3, 0.4) is 0 Å². The smallest absolute Gasteiger partial charge is 0.0355 e. The van der Waals surface area contributed by atoms with Crippen molar-refractivity contribution in [2.24, 2.45) is 0 Å². The molecule has 0 radical (unpaired) electrons. The maximum atomic E-state index is 6.08. The molecule has 0 spiro atoms. The molecule has 23 heavy (non-hydrogen) atoms. The van der Waals surface area contributed by atoms with Crippen molar-refractivity contribution in [1.29, 1.82) is 0 Å². The third-order valence-electron chi connectivity index (χ3n) is 3.93. The lowest BCUT2D eigenvalue weighted by Gasteiger charge is -2.18. The van der Waals surface area contributed by atoms with Crippen molar-refractivity contribution >= 4 is 17.4 Å². The van der Waals surface area contributed by atoms with Gasteiger partial charge < -0.3 is 5.73 Å². The molecule has 0 saturated carbocycles. The molecule has 1 nitrogen and oxygen atoms in total. The fraction of sp³-hybridized carbons (Fsp3) is 0.143. The summed E-state index contributed by atoms with van der Waals surface area (Å²) in [4.78, 5) is 0. The lowest BCUT2D eigenvalue weighted by molar-refractivity contribution is 0.930. The zero-order valence-electron chi connectivity index (χ0n) is 13.1. The molecule has 1 atom stereocenters. The Hall–Kier alpha value is -2.19. The van der Waals surface area contributed by atoms with Crippen molar-refractivity contribution in [2.45, 2.75) is 17.4 Å². The van der Waals surface area contributed by atoms with E-state index in [9.17, 15) is 0 Å². The van der Waals surface area contributed by atoms with Gasteiger partial charge in [0.15, 0.2) is 0 Å². The summed E-state index contributed by atoms with van der Waals surface area (Å²) in [6.07, 6.45) is 1.03. The van der Waals surface area contributed by atoms with Crippen LogP contribution >= 0.6 is 11.8 Å². The van der Waals surface area contributed by atoms with E-state index < -0.39 is 0 Å². The first-order valence-electron chi connectivity index (χ1n) is 7.87. The van der Waals surface area contributed by atoms with Crippen molar-refractivity contribution in [1.82, 2.24) is 0 Å². The number of hydrogen-bond donors (Lipinski definition) is 1. The van der Waals surface area contributed by atoms with Crippen LogP contribution in [-0.2, 0) is 12.2 Å². The number of nitrogens with two attached hydrogens (primary N) is 1. The maximum absolute atomic E-state index is 6.08. The van der Waals surface area contributed by atoms with Gasteiger partial charge in [-0.1, -0.05) is 78.9 Å². The van der Waals surface area contributed by atoms with E-state index in [0.29, 0.717) is 5.25 Å². The number of nitrogen functional groups attached to an aromatic ring is 1. The van der Waals surface area contributed by atoms with Crippen molar-refractivity contribution in [3.63, 3.8) is 0 Å². The minimum Gasteiger partial charge on any atom is -0.398 e. The van der Waals surface area contributed by atoms with Crippen LogP contribution in [0, 0.1) is 0 Å². The predicted octanol–water partition coefficient (Wildman–Crippen LogP) is 5.49. The third kappa shape index (κ3) is 4.40. The van der Waals surface area contributed by atoms with E-state index in [1.807, 2.05) is 23.9 Å². The van der Waals surface area contributed by atoms with Crippen molar-refractivity contribution < 1.29 is 0 Å². The monoisotopic (exact) mass is 319 g/mol. The lowest BCUT2D eigenvalue weighted by Crippen LogP contribution is -2.01. The second-order valence-electron chi connectivity index (χ2n) is 5.60. The number of para-hydroxylation sites is 1. The van der Waals surface area contributed by atoms with E-state index in [2.05, 4.69) is 72.8 Å². The second-order valence-corrected chi connectivity index (χ2v) is 6.79. The van der Waals surface area contributed by atoms with E-state index in [1.165, 1.54) is 16.7 Å². The Balaban J connectivity index is 1.77. The minimum atomic E-state index is 0.429. The van der Waals surface area contributed by atoms with Crippen molar-refractivity contribution in [3.05, 3.63) is 102 Å². The number of thioether (sulfide) groups is 1. The van der Waals surface area contributed by atoms with Gasteiger partial charge in [0.1, 0.15) is 0 Å². The van der Waals surface area contributed by atoms with Crippen LogP contribution in [-0.4, -0.2) is 0 Å². The number of benzene rings is 3. The molecular formula is C21H21NS. The molecule has 0 aliphatic carbocycles. The van der Waals surface area contributed by atoms with Gasteiger partial charge in [-0.25, -0.2) is 0 Å². The Morgan fingerprint density at radius 1 is 0.739 bits per heavy atom. The molecule has 0 fully saturated rings. The van der Waals surface area contributed by atoms with Crippen LogP contribution in [0.25, 0.3) is 0 Å². The zero-order chi connectivity index (χ0) is 15.9. The van der Waals surface area contributed by atoms with Gasteiger partial charge in [-0.15, -0.1) is 11.8 Å². The van der Waals surface area contributed by atoms with Crippen LogP contribution < -0.4 is 5.73 Å². The largest absolute Gasteiger partial charge is 0.398 e. The SMILES string of the molecule is Nc1ccccc1CSC(Cc1ccccc1)c1ccccc1. The Morgan fingerprint density at radius 3 is 2.04 bits per heavy atom. The molecule has 0 aromatic heterocycles. The molecule has 0 amide bonds. The summed E-state index contributed by atoms with van der Waals surface area (Å²) in [6.45, 7) is 0. The summed E-state index contributed by atoms with van der Waals surface area (Å²) in [5.74, 6) is 0.930. The molecular weight excluding hydrogens is 298 g/mol. The number of hydrogen-bond acceptors (Lipinski definition) is 2. The second kappa shape index (κ2) is 7.89. The molecule has 3 rings (SSSR count). The summed E-state index contributed by atoms with van der Waals surface area (Å²) < 4.78 is 0. The summed E-state index contributed by atoms with van der Waals surface area (Å²) in [5.41, 5.74) is 10.9. The van der Waals surface area contributed by atoms with Crippen molar-refractivity contribution in [3.8, 4) is 0 Å². The average molecular weight is 319 g/mol. The highest BCUT2D eigenvalue weighted by molar-refractivity contribution is 7.98. The third-order valence-corrected chi connectivity index (χ3v) is 5.25. The molecule has 0 aliphatic rings. The molecule has 116 valence electrons. The van der Waals surface area contributed by atoms with Crippen LogP contribution in [0.5, 0.6) is 0 Å². The highest BCUT2D eigenvalue weighted by atomic mass is 32.2. The quantitative estimate of drug-likeness (QED) is 0.608. The lowest BCUT2D eigenvalue weighted by atomic mass is 10.0. The molecule has 0 aliphatic heterocycles. The Kier molecular flexibility index (Phi) is 5.38. The molecule has 0 bridgehead atoms. The van der Waals surface area contributed by atoms with Crippen LogP contribution in [0.1, 0.15) is 21.9 Å². The first-order chi connectivity index (χ1) is 11.3. The molecule has 3 aromatic rings. The molecule has 1 unspecified atom stereocenters. The van der Waals surface area contributed by atoms with Crippen molar-refractivity contribution in [2.75, 3.05) is 5.73 Å². The Labute approximate surface area is 142 Å². The van der Waals surface area contributed by atoms with Gasteiger partial charge in [0.25, 0.3) is 0 Å². The zero-order valence-corrected chi connectivity index (χ0v) is 13.9. The standard InChI is InChI=1S/C21H21NS/c22-20-14-8-7-13-19(20)16-23-21(18-11-5-2-6-12-18)15-17-9-3-1-4-10-17/h1-14,21H,15-16,22H2. The van der Waals surface area contributed by atoms with Crippen LogP contribution in [0.2, 0.25) is 0 Å². The Bertz CT molecular complexity index is 725. The molecule has 0 heterocycles. The van der Waals surface area contributed by atoms with Crippen LogP contribution in [0.4, 0.5) is 5.69 Å². The van der Waals surface area contributed by atoms with E-state index in [-0.39, 0.29) is 0 Å². The highest BCUT2D eigenvalue weighted by Gasteiger charge is 2.13. The van der Waals surface area contributed by atoms with Gasteiger partial charge in [0, 0.05) is 16.7 Å². The van der Waals surface area contributed by atoms with Gasteiger partial charge >= 0.3 is 0 Å². The predicted molar refractivity (Wildman–Crippen MR) is 101 cm³/mol. The van der Waals surface area contributed by atoms with Gasteiger partial charge in [-0.2, -0.15) is 0 Å². The molecule has 3 aromatic carbocycles. The fourth-order valence-corrected chi connectivity index (χ4v) is 3.93. The summed E-state index contributed by atoms with van der Waals surface area (Å²) in [5, 5.41) is 0.429. The van der Waals surface area contributed by atoms with E-state index in [0.717, 1.165) is 17.9 Å². The van der Waals surface area contributed by atoms with Gasteiger partial charge in [-0.3, -0.25) is 0 Å². The molecule has 0 saturated heterocycles. The van der Waals surface area contributed by atoms with E-state index in [1.54, 1.807) is 0 Å². The van der Waals surface area contributed by atoms with Gasteiger partial charge in [-0.05, 0) is 29.2 Å². The normalized spacial score (nSPS) is 12.0. The van der Waals surface area contributed by atoms with E-state index in [4.69, 9.17) is 5.73 Å². The summed E-state index contributed by atoms with van der Waals surface area (Å²) in [7, 11) is 0. The van der Waals surface area contributed by atoms with E-state index >= 15 is 0 Å². The number of rotatable bonds is 6. The average Bonchev–Trinajstić information content (AvgIpc) is 2.61. The first-order valence-corrected chi connectivity index (χ1v) is 8.91. The topological polar surface area (TPSA) is 26.0 Å². The summed E-state index contributed by atoms with van der Waals surface area (Å²) >= 11 is 1.96.